The first-order valence-corrected chi connectivity index (χ1v) is 6.65. The highest BCUT2D eigenvalue weighted by molar-refractivity contribution is 7.86. The van der Waals surface area contributed by atoms with E-state index in [0.29, 0.717) is 0 Å². The van der Waals surface area contributed by atoms with Crippen LogP contribution in [0.2, 0.25) is 0 Å². The highest BCUT2D eigenvalue weighted by Gasteiger charge is 2.30. The fourth-order valence-corrected chi connectivity index (χ4v) is 2.26. The van der Waals surface area contributed by atoms with Gasteiger partial charge in [-0.15, -0.1) is 0 Å². The number of carbonyl (C=O) groups is 2. The van der Waals surface area contributed by atoms with Gasteiger partial charge >= 0.3 is 5.97 Å². The van der Waals surface area contributed by atoms with Crippen molar-refractivity contribution in [1.29, 1.82) is 0 Å². The monoisotopic (exact) mass is 299 g/mol. The molecule has 0 spiro atoms. The number of amides is 1. The van der Waals surface area contributed by atoms with Crippen molar-refractivity contribution >= 4 is 39.1 Å². The van der Waals surface area contributed by atoms with Gasteiger partial charge < -0.3 is 10.8 Å². The van der Waals surface area contributed by atoms with E-state index >= 15 is 0 Å². The van der Waals surface area contributed by atoms with Crippen molar-refractivity contribution in [3.05, 3.63) is 18.2 Å². The number of nitrogen functional groups attached to an aromatic ring is 1. The van der Waals surface area contributed by atoms with Crippen LogP contribution in [0, 0.1) is 0 Å². The van der Waals surface area contributed by atoms with Gasteiger partial charge in [0, 0.05) is 0 Å². The van der Waals surface area contributed by atoms with Crippen LogP contribution < -0.4 is 10.7 Å². The fourth-order valence-electron chi connectivity index (χ4n) is 1.63. The zero-order valence-electron chi connectivity index (χ0n) is 9.85. The fraction of sp³-hybridized carbons (Fsp3) is 0.100. The largest absolute Gasteiger partial charge is 0.477 e. The van der Waals surface area contributed by atoms with E-state index in [1.165, 1.54) is 12.1 Å². The molecule has 0 aromatic heterocycles. The molecule has 1 aliphatic heterocycles. The van der Waals surface area contributed by atoms with Crippen molar-refractivity contribution in [3.63, 3.8) is 0 Å². The number of hydrazone groups is 1. The minimum atomic E-state index is -4.56. The van der Waals surface area contributed by atoms with Gasteiger partial charge in [0.2, 0.25) is 0 Å². The molecule has 1 amide bonds. The number of nitrogens with zero attached hydrogens (tertiary/aromatic N) is 2. The lowest BCUT2D eigenvalue weighted by Crippen LogP contribution is -2.20. The van der Waals surface area contributed by atoms with Crippen molar-refractivity contribution < 1.29 is 27.7 Å². The Hall–Kier alpha value is -2.46. The van der Waals surface area contributed by atoms with E-state index in [-0.39, 0.29) is 17.1 Å². The van der Waals surface area contributed by atoms with E-state index in [1.54, 1.807) is 0 Å². The molecule has 0 atom stereocenters. The van der Waals surface area contributed by atoms with Gasteiger partial charge in [0.1, 0.15) is 4.90 Å². The van der Waals surface area contributed by atoms with Crippen molar-refractivity contribution in [2.45, 2.75) is 11.3 Å². The summed E-state index contributed by atoms with van der Waals surface area (Å²) in [7, 11) is -4.56. The molecule has 106 valence electrons. The van der Waals surface area contributed by atoms with Crippen LogP contribution in [0.4, 0.5) is 11.4 Å². The SMILES string of the molecule is Nc1ccc(N2N=C(C(=O)O)CC2=O)cc1S(=O)(=O)O. The number of benzene rings is 1. The molecule has 20 heavy (non-hydrogen) atoms. The predicted molar refractivity (Wildman–Crippen MR) is 67.8 cm³/mol. The van der Waals surface area contributed by atoms with Crippen LogP contribution in [0.5, 0.6) is 0 Å². The van der Waals surface area contributed by atoms with Crippen molar-refractivity contribution in [2.75, 3.05) is 10.7 Å². The van der Waals surface area contributed by atoms with Crippen LogP contribution in [0.1, 0.15) is 6.42 Å². The number of rotatable bonds is 3. The molecule has 0 radical (unpaired) electrons. The van der Waals surface area contributed by atoms with E-state index in [2.05, 4.69) is 5.10 Å². The van der Waals surface area contributed by atoms with E-state index in [9.17, 15) is 18.0 Å². The highest BCUT2D eigenvalue weighted by Crippen LogP contribution is 2.27. The van der Waals surface area contributed by atoms with E-state index in [0.717, 1.165) is 11.1 Å². The molecule has 0 fully saturated rings. The maximum absolute atomic E-state index is 11.6. The molecule has 0 unspecified atom stereocenters. The van der Waals surface area contributed by atoms with Crippen LogP contribution in [0.15, 0.2) is 28.2 Å². The van der Waals surface area contributed by atoms with E-state index in [1.807, 2.05) is 0 Å². The van der Waals surface area contributed by atoms with Gasteiger partial charge in [-0.05, 0) is 18.2 Å². The molecule has 1 heterocycles. The molecule has 4 N–H and O–H groups in total. The Bertz CT molecular complexity index is 739. The third kappa shape index (κ3) is 2.46. The van der Waals surface area contributed by atoms with Crippen LogP contribution in [0.3, 0.4) is 0 Å². The van der Waals surface area contributed by atoms with Crippen LogP contribution in [-0.4, -0.2) is 35.7 Å². The Labute approximate surface area is 113 Å². The standard InChI is InChI=1S/C10H9N3O6S/c11-6-2-1-5(3-8(6)20(17,18)19)13-9(14)4-7(12-13)10(15)16/h1-3H,4,11H2,(H,15,16)(H,17,18,19). The first-order valence-electron chi connectivity index (χ1n) is 5.21. The van der Waals surface area contributed by atoms with Crippen LogP contribution in [0.25, 0.3) is 0 Å². The van der Waals surface area contributed by atoms with Gasteiger partial charge in [-0.3, -0.25) is 9.35 Å². The van der Waals surface area contributed by atoms with E-state index in [4.69, 9.17) is 15.4 Å². The number of hydrogen-bond acceptors (Lipinski definition) is 6. The molecular weight excluding hydrogens is 290 g/mol. The van der Waals surface area contributed by atoms with Gasteiger partial charge in [-0.1, -0.05) is 0 Å². The Morgan fingerprint density at radius 2 is 2.05 bits per heavy atom. The second kappa shape index (κ2) is 4.58. The number of carboxylic acid groups (broad SMARTS) is 1. The first kappa shape index (κ1) is 14.0. The number of carbonyl (C=O) groups excluding carboxylic acids is 1. The molecule has 1 aromatic carbocycles. The summed E-state index contributed by atoms with van der Waals surface area (Å²) in [6, 6.07) is 3.40. The molecule has 0 bridgehead atoms. The number of hydrogen-bond donors (Lipinski definition) is 3. The van der Waals surface area contributed by atoms with Gasteiger partial charge in [-0.2, -0.15) is 18.5 Å². The second-order valence-electron chi connectivity index (χ2n) is 3.93. The first-order chi connectivity index (χ1) is 9.20. The normalized spacial score (nSPS) is 15.3. The Morgan fingerprint density at radius 1 is 1.40 bits per heavy atom. The predicted octanol–water partition coefficient (Wildman–Crippen LogP) is -0.307. The van der Waals surface area contributed by atoms with E-state index < -0.39 is 33.3 Å². The Balaban J connectivity index is 2.50. The summed E-state index contributed by atoms with van der Waals surface area (Å²) in [4.78, 5) is 21.8. The summed E-state index contributed by atoms with van der Waals surface area (Å²) >= 11 is 0. The van der Waals surface area contributed by atoms with Gasteiger partial charge in [0.15, 0.2) is 5.71 Å². The maximum Gasteiger partial charge on any atom is 0.352 e. The number of anilines is 2. The van der Waals surface area contributed by atoms with Crippen LogP contribution >= 0.6 is 0 Å². The summed E-state index contributed by atoms with van der Waals surface area (Å²) in [6.07, 6.45) is -0.402. The average Bonchev–Trinajstić information content (AvgIpc) is 2.71. The zero-order valence-corrected chi connectivity index (χ0v) is 10.7. The summed E-state index contributed by atoms with van der Waals surface area (Å²) in [5.74, 6) is -1.97. The molecule has 9 nitrogen and oxygen atoms in total. The molecule has 0 saturated carbocycles. The van der Waals surface area contributed by atoms with Gasteiger partial charge in [0.25, 0.3) is 16.0 Å². The second-order valence-corrected chi connectivity index (χ2v) is 5.32. The summed E-state index contributed by atoms with van der Waals surface area (Å²) in [5, 5.41) is 13.1. The molecule has 2 rings (SSSR count). The summed E-state index contributed by atoms with van der Waals surface area (Å²) in [6.45, 7) is 0. The molecular formula is C10H9N3O6S. The third-order valence-electron chi connectivity index (χ3n) is 2.54. The lowest BCUT2D eigenvalue weighted by molar-refractivity contribution is -0.129. The van der Waals surface area contributed by atoms with Gasteiger partial charge in [0.05, 0.1) is 17.8 Å². The molecule has 0 aliphatic carbocycles. The summed E-state index contributed by atoms with van der Waals surface area (Å²) in [5.41, 5.74) is 4.84. The topological polar surface area (TPSA) is 150 Å². The molecule has 10 heteroatoms. The number of nitrogens with two attached hydrogens (primary N) is 1. The van der Waals surface area contributed by atoms with Crippen molar-refractivity contribution in [1.82, 2.24) is 0 Å². The van der Waals surface area contributed by atoms with Gasteiger partial charge in [-0.25, -0.2) is 4.79 Å². The van der Waals surface area contributed by atoms with Crippen molar-refractivity contribution in [2.24, 2.45) is 5.10 Å². The lowest BCUT2D eigenvalue weighted by Gasteiger charge is -2.13. The third-order valence-corrected chi connectivity index (χ3v) is 3.45. The Kier molecular flexibility index (Phi) is 3.19. The Morgan fingerprint density at radius 3 is 2.55 bits per heavy atom. The molecule has 1 aliphatic rings. The highest BCUT2D eigenvalue weighted by atomic mass is 32.2. The van der Waals surface area contributed by atoms with Crippen molar-refractivity contribution in [3.8, 4) is 0 Å². The lowest BCUT2D eigenvalue weighted by atomic mass is 10.2. The minimum Gasteiger partial charge on any atom is -0.477 e. The average molecular weight is 299 g/mol. The molecule has 1 aromatic rings. The molecule has 0 saturated heterocycles. The smallest absolute Gasteiger partial charge is 0.352 e. The van der Waals surface area contributed by atoms with Crippen LogP contribution in [-0.2, 0) is 19.7 Å². The summed E-state index contributed by atoms with van der Waals surface area (Å²) < 4.78 is 31.2. The zero-order chi connectivity index (χ0) is 15.1. The number of aliphatic carboxylic acids is 1. The number of carboxylic acids is 1. The minimum absolute atomic E-state index is 0.00641. The maximum atomic E-state index is 11.6. The quantitative estimate of drug-likeness (QED) is 0.511.